The Morgan fingerprint density at radius 1 is 1.15 bits per heavy atom. The van der Waals surface area contributed by atoms with E-state index >= 15 is 0 Å². The third-order valence-electron chi connectivity index (χ3n) is 4.79. The number of imidazole rings is 1. The topological polar surface area (TPSA) is 121 Å². The molecule has 0 fully saturated rings. The highest BCUT2D eigenvalue weighted by molar-refractivity contribution is 6.30. The van der Waals surface area contributed by atoms with Gasteiger partial charge in [0.1, 0.15) is 12.1 Å². The highest BCUT2D eigenvalue weighted by Crippen LogP contribution is 2.37. The van der Waals surface area contributed by atoms with E-state index < -0.39 is 4.92 Å². The number of carbonyl (C=O) groups excluding carboxylic acids is 1. The predicted molar refractivity (Wildman–Crippen MR) is 124 cm³/mol. The van der Waals surface area contributed by atoms with Gasteiger partial charge < -0.3 is 14.8 Å². The fourth-order valence-corrected chi connectivity index (χ4v) is 3.25. The number of aromatic nitrogens is 3. The van der Waals surface area contributed by atoms with E-state index in [4.69, 9.17) is 21.1 Å². The molecule has 2 aromatic carbocycles. The number of nitro groups is 1. The molecule has 0 unspecified atom stereocenters. The summed E-state index contributed by atoms with van der Waals surface area (Å²) in [5.41, 5.74) is 0.862. The summed E-state index contributed by atoms with van der Waals surface area (Å²) < 4.78 is 12.8. The van der Waals surface area contributed by atoms with Gasteiger partial charge in [-0.3, -0.25) is 19.5 Å². The van der Waals surface area contributed by atoms with Crippen molar-refractivity contribution in [2.75, 3.05) is 7.11 Å². The summed E-state index contributed by atoms with van der Waals surface area (Å²) in [6, 6.07) is 12.3. The zero-order valence-corrected chi connectivity index (χ0v) is 18.6. The number of carbonyl (C=O) groups is 1. The molecule has 0 aliphatic rings. The molecule has 0 saturated carbocycles. The molecule has 0 saturated heterocycles. The summed E-state index contributed by atoms with van der Waals surface area (Å²) in [4.78, 5) is 31.7. The average Bonchev–Trinajstić information content (AvgIpc) is 3.39. The van der Waals surface area contributed by atoms with Gasteiger partial charge in [-0.1, -0.05) is 17.7 Å². The number of methoxy groups -OCH3 is 1. The van der Waals surface area contributed by atoms with Crippen molar-refractivity contribution in [3.8, 4) is 23.1 Å². The molecule has 1 N–H and O–H groups in total. The maximum Gasteiger partial charge on any atom is 0.313 e. The second-order valence-corrected chi connectivity index (χ2v) is 7.45. The van der Waals surface area contributed by atoms with Crippen molar-refractivity contribution < 1.29 is 19.2 Å². The van der Waals surface area contributed by atoms with Crippen LogP contribution in [0.1, 0.15) is 15.9 Å². The zero-order chi connectivity index (χ0) is 24.1. The van der Waals surface area contributed by atoms with E-state index in [0.717, 1.165) is 5.56 Å². The average molecular weight is 480 g/mol. The normalized spacial score (nSPS) is 10.5. The molecule has 172 valence electrons. The van der Waals surface area contributed by atoms with Gasteiger partial charge >= 0.3 is 5.69 Å². The molecule has 0 aliphatic carbocycles. The van der Waals surface area contributed by atoms with E-state index in [2.05, 4.69) is 15.3 Å². The highest BCUT2D eigenvalue weighted by atomic mass is 35.5. The number of hydrogen-bond donors (Lipinski definition) is 1. The molecular weight excluding hydrogens is 462 g/mol. The fraction of sp³-hybridized carbons (Fsp3) is 0.0870. The van der Waals surface area contributed by atoms with Gasteiger partial charge in [0, 0.05) is 41.8 Å². The smallest absolute Gasteiger partial charge is 0.313 e. The van der Waals surface area contributed by atoms with Gasteiger partial charge in [0.2, 0.25) is 5.75 Å². The van der Waals surface area contributed by atoms with Crippen molar-refractivity contribution in [2.24, 2.45) is 0 Å². The summed E-state index contributed by atoms with van der Waals surface area (Å²) >= 11 is 5.85. The largest absolute Gasteiger partial charge is 0.493 e. The van der Waals surface area contributed by atoms with Gasteiger partial charge in [0.25, 0.3) is 5.91 Å². The molecule has 10 nitrogen and oxygen atoms in total. The SMILES string of the molecule is COc1cc(C(=O)NCc2ccc(-n3ccnc3)nc2)ccc1Oc1ccc(Cl)cc1[N+](=O)[O-]. The van der Waals surface area contributed by atoms with Crippen molar-refractivity contribution in [2.45, 2.75) is 6.54 Å². The van der Waals surface area contributed by atoms with Crippen molar-refractivity contribution in [3.05, 3.63) is 99.7 Å². The Balaban J connectivity index is 1.45. The lowest BCUT2D eigenvalue weighted by atomic mass is 10.1. The van der Waals surface area contributed by atoms with E-state index in [0.29, 0.717) is 11.4 Å². The minimum absolute atomic E-state index is 0.00320. The van der Waals surface area contributed by atoms with Gasteiger partial charge in [-0.25, -0.2) is 9.97 Å². The van der Waals surface area contributed by atoms with E-state index in [9.17, 15) is 14.9 Å². The molecule has 11 heteroatoms. The van der Waals surface area contributed by atoms with Crippen LogP contribution < -0.4 is 14.8 Å². The van der Waals surface area contributed by atoms with Crippen LogP contribution in [0.25, 0.3) is 5.82 Å². The van der Waals surface area contributed by atoms with Crippen LogP contribution in [0.2, 0.25) is 5.02 Å². The second kappa shape index (κ2) is 10.0. The Morgan fingerprint density at radius 2 is 1.97 bits per heavy atom. The Morgan fingerprint density at radius 3 is 2.65 bits per heavy atom. The maximum atomic E-state index is 12.6. The fourth-order valence-electron chi connectivity index (χ4n) is 3.08. The molecule has 2 aromatic heterocycles. The van der Waals surface area contributed by atoms with Crippen LogP contribution in [0.3, 0.4) is 0 Å². The van der Waals surface area contributed by atoms with Crippen LogP contribution in [-0.4, -0.2) is 32.5 Å². The lowest BCUT2D eigenvalue weighted by Crippen LogP contribution is -2.22. The summed E-state index contributed by atoms with van der Waals surface area (Å²) in [6.45, 7) is 0.271. The first-order valence-corrected chi connectivity index (χ1v) is 10.3. The minimum atomic E-state index is -0.591. The highest BCUT2D eigenvalue weighted by Gasteiger charge is 2.19. The Kier molecular flexibility index (Phi) is 6.69. The maximum absolute atomic E-state index is 12.6. The lowest BCUT2D eigenvalue weighted by molar-refractivity contribution is -0.385. The third kappa shape index (κ3) is 5.13. The van der Waals surface area contributed by atoms with Crippen molar-refractivity contribution in [1.82, 2.24) is 19.9 Å². The molecular formula is C23H18ClN5O5. The first kappa shape index (κ1) is 22.7. The van der Waals surface area contributed by atoms with Gasteiger partial charge in [-0.15, -0.1) is 0 Å². The second-order valence-electron chi connectivity index (χ2n) is 7.01. The number of nitrogens with one attached hydrogen (secondary N) is 1. The molecule has 4 rings (SSSR count). The monoisotopic (exact) mass is 479 g/mol. The van der Waals surface area contributed by atoms with Crippen LogP contribution in [0, 0.1) is 10.1 Å². The quantitative estimate of drug-likeness (QED) is 0.290. The van der Waals surface area contributed by atoms with E-state index in [1.807, 2.05) is 12.1 Å². The number of pyridine rings is 1. The standard InChI is InChI=1S/C23H18ClN5O5/c1-33-21-10-16(3-5-20(21)34-19-6-4-17(24)11-18(19)29(31)32)23(30)27-13-15-2-7-22(26-12-15)28-9-8-25-14-28/h2-12,14H,13H2,1H3,(H,27,30). The third-order valence-corrected chi connectivity index (χ3v) is 5.03. The predicted octanol–water partition coefficient (Wildman–Crippen LogP) is 4.56. The summed E-state index contributed by atoms with van der Waals surface area (Å²) in [5.74, 6) is 0.832. The molecule has 0 bridgehead atoms. The molecule has 1 amide bonds. The lowest BCUT2D eigenvalue weighted by Gasteiger charge is -2.12. The number of benzene rings is 2. The number of amides is 1. The van der Waals surface area contributed by atoms with Gasteiger partial charge in [0.15, 0.2) is 11.5 Å². The molecule has 0 aliphatic heterocycles. The van der Waals surface area contributed by atoms with E-state index in [-0.39, 0.29) is 40.4 Å². The Hall–Kier alpha value is -4.44. The number of ether oxygens (including phenoxy) is 2. The zero-order valence-electron chi connectivity index (χ0n) is 17.8. The first-order chi connectivity index (χ1) is 16.4. The van der Waals surface area contributed by atoms with E-state index in [1.54, 1.807) is 29.5 Å². The number of nitrogens with zero attached hydrogens (tertiary/aromatic N) is 4. The van der Waals surface area contributed by atoms with E-state index in [1.165, 1.54) is 43.5 Å². The molecule has 2 heterocycles. The van der Waals surface area contributed by atoms with Gasteiger partial charge in [-0.05, 0) is 42.0 Å². The van der Waals surface area contributed by atoms with Gasteiger partial charge in [-0.2, -0.15) is 0 Å². The molecule has 0 radical (unpaired) electrons. The van der Waals surface area contributed by atoms with Crippen LogP contribution in [0.4, 0.5) is 5.69 Å². The number of nitro benzene ring substituents is 1. The Bertz CT molecular complexity index is 1330. The van der Waals surface area contributed by atoms with Crippen LogP contribution in [-0.2, 0) is 6.54 Å². The van der Waals surface area contributed by atoms with Crippen molar-refractivity contribution in [3.63, 3.8) is 0 Å². The van der Waals surface area contributed by atoms with Crippen LogP contribution in [0.5, 0.6) is 17.2 Å². The molecule has 0 atom stereocenters. The number of halogens is 1. The first-order valence-electron chi connectivity index (χ1n) is 9.96. The number of hydrogen-bond acceptors (Lipinski definition) is 7. The molecule has 4 aromatic rings. The van der Waals surface area contributed by atoms with Crippen molar-refractivity contribution >= 4 is 23.2 Å². The minimum Gasteiger partial charge on any atom is -0.493 e. The number of rotatable bonds is 8. The van der Waals surface area contributed by atoms with Crippen LogP contribution in [0.15, 0.2) is 73.4 Å². The Labute approximate surface area is 198 Å². The van der Waals surface area contributed by atoms with Crippen molar-refractivity contribution in [1.29, 1.82) is 0 Å². The molecule has 34 heavy (non-hydrogen) atoms. The van der Waals surface area contributed by atoms with Crippen LogP contribution >= 0.6 is 11.6 Å². The summed E-state index contributed by atoms with van der Waals surface area (Å²) in [7, 11) is 1.41. The molecule has 0 spiro atoms. The summed E-state index contributed by atoms with van der Waals surface area (Å²) in [6.07, 6.45) is 6.77. The summed E-state index contributed by atoms with van der Waals surface area (Å²) in [5, 5.41) is 14.3. The van der Waals surface area contributed by atoms with Gasteiger partial charge in [0.05, 0.1) is 12.0 Å².